The van der Waals surface area contributed by atoms with Crippen LogP contribution in [-0.2, 0) is 6.42 Å². The van der Waals surface area contributed by atoms with Crippen LogP contribution in [0.15, 0.2) is 90.5 Å². The van der Waals surface area contributed by atoms with E-state index in [0.717, 1.165) is 34.7 Å². The van der Waals surface area contributed by atoms with E-state index < -0.39 is 0 Å². The highest BCUT2D eigenvalue weighted by Crippen LogP contribution is 2.41. The zero-order chi connectivity index (χ0) is 22.6. The number of carbonyl (C=O) groups excluding carboxylic acids is 1. The molecule has 0 spiro atoms. The Morgan fingerprint density at radius 1 is 0.794 bits per heavy atom. The van der Waals surface area contributed by atoms with Crippen molar-refractivity contribution in [3.8, 4) is 5.75 Å². The number of fused-ring (bicyclic) bond motifs is 6. The fraction of sp³-hybridized carbons (Fsp3) is 0.129. The molecule has 0 N–H and O–H groups in total. The van der Waals surface area contributed by atoms with Crippen LogP contribution >= 0.6 is 11.3 Å². The molecule has 1 aromatic heterocycles. The van der Waals surface area contributed by atoms with Crippen molar-refractivity contribution in [2.75, 3.05) is 0 Å². The summed E-state index contributed by atoms with van der Waals surface area (Å²) in [6.45, 7) is 0. The van der Waals surface area contributed by atoms with Gasteiger partial charge in [-0.25, -0.2) is 4.79 Å². The van der Waals surface area contributed by atoms with Gasteiger partial charge in [0.15, 0.2) is 0 Å². The molecule has 3 heteroatoms. The van der Waals surface area contributed by atoms with Crippen molar-refractivity contribution in [1.82, 2.24) is 0 Å². The van der Waals surface area contributed by atoms with Gasteiger partial charge >= 0.3 is 5.97 Å². The van der Waals surface area contributed by atoms with Gasteiger partial charge in [-0.3, -0.25) is 0 Å². The molecule has 2 aliphatic carbocycles. The number of ether oxygens (including phenoxy) is 1. The maximum absolute atomic E-state index is 13.2. The maximum Gasteiger partial charge on any atom is 0.353 e. The summed E-state index contributed by atoms with van der Waals surface area (Å²) >= 11 is 1.49. The van der Waals surface area contributed by atoms with Gasteiger partial charge in [-0.05, 0) is 94.3 Å². The molecule has 0 bridgehead atoms. The molecule has 7 rings (SSSR count). The lowest BCUT2D eigenvalue weighted by Crippen LogP contribution is -2.09. The number of hydrogen-bond donors (Lipinski definition) is 0. The fourth-order valence-electron chi connectivity index (χ4n) is 5.51. The third-order valence-corrected chi connectivity index (χ3v) is 8.24. The molecule has 34 heavy (non-hydrogen) atoms. The van der Waals surface area contributed by atoms with Crippen LogP contribution in [0.25, 0.3) is 37.2 Å². The molecule has 164 valence electrons. The van der Waals surface area contributed by atoms with E-state index in [1.54, 1.807) is 5.57 Å². The Morgan fingerprint density at radius 2 is 1.68 bits per heavy atom. The van der Waals surface area contributed by atoms with Crippen molar-refractivity contribution < 1.29 is 9.53 Å². The molecule has 0 saturated carbocycles. The van der Waals surface area contributed by atoms with Gasteiger partial charge in [0, 0.05) is 10.1 Å². The number of thiophene rings is 1. The van der Waals surface area contributed by atoms with Crippen molar-refractivity contribution in [2.24, 2.45) is 0 Å². The molecule has 0 fully saturated rings. The van der Waals surface area contributed by atoms with Crippen molar-refractivity contribution in [3.05, 3.63) is 107 Å². The van der Waals surface area contributed by atoms with Crippen LogP contribution in [0.4, 0.5) is 0 Å². The molecule has 0 radical (unpaired) electrons. The molecule has 4 aromatic carbocycles. The normalized spacial score (nSPS) is 15.1. The van der Waals surface area contributed by atoms with Gasteiger partial charge in [-0.1, -0.05) is 60.2 Å². The number of esters is 1. The second-order valence-electron chi connectivity index (χ2n) is 9.14. The van der Waals surface area contributed by atoms with Crippen LogP contribution in [0, 0.1) is 0 Å². The van der Waals surface area contributed by atoms with E-state index in [9.17, 15) is 4.79 Å². The molecule has 0 atom stereocenters. The highest BCUT2D eigenvalue weighted by molar-refractivity contribution is 7.20. The standard InChI is InChI=1S/C31H22O2S/c32-31(30-18-22-16-20-7-1-2-8-21(20)17-29(22)34-30)33-28-11-5-10-24-26-13-12-19-6-3-4-9-23(19)25(26)14-15-27(24)28/h1-2,4-5,7-11,14-18H,3,6,12-13H2. The highest BCUT2D eigenvalue weighted by atomic mass is 32.1. The first-order valence-electron chi connectivity index (χ1n) is 11.8. The Labute approximate surface area is 201 Å². The minimum absolute atomic E-state index is 0.296. The summed E-state index contributed by atoms with van der Waals surface area (Å²) in [6.07, 6.45) is 9.05. The third kappa shape index (κ3) is 3.12. The molecular formula is C31H22O2S. The Kier molecular flexibility index (Phi) is 4.46. The average molecular weight is 459 g/mol. The number of aryl methyl sites for hydroxylation is 1. The number of hydrogen-bond acceptors (Lipinski definition) is 3. The quantitative estimate of drug-likeness (QED) is 0.196. The summed E-state index contributed by atoms with van der Waals surface area (Å²) in [7, 11) is 0. The van der Waals surface area contributed by atoms with Crippen LogP contribution in [0.3, 0.4) is 0 Å². The molecule has 0 saturated heterocycles. The average Bonchev–Trinajstić information content (AvgIpc) is 3.30. The van der Waals surface area contributed by atoms with Gasteiger partial charge in [-0.15, -0.1) is 11.3 Å². The molecule has 0 amide bonds. The molecule has 0 aliphatic heterocycles. The lowest BCUT2D eigenvalue weighted by molar-refractivity contribution is 0.0742. The minimum Gasteiger partial charge on any atom is -0.422 e. The highest BCUT2D eigenvalue weighted by Gasteiger charge is 2.22. The van der Waals surface area contributed by atoms with E-state index in [1.165, 1.54) is 50.6 Å². The van der Waals surface area contributed by atoms with E-state index in [4.69, 9.17) is 4.74 Å². The Morgan fingerprint density at radius 3 is 2.59 bits per heavy atom. The van der Waals surface area contributed by atoms with Crippen LogP contribution in [0.1, 0.15) is 40.1 Å². The van der Waals surface area contributed by atoms with Gasteiger partial charge in [0.25, 0.3) is 0 Å². The monoisotopic (exact) mass is 458 g/mol. The zero-order valence-corrected chi connectivity index (χ0v) is 19.5. The lowest BCUT2D eigenvalue weighted by atomic mass is 9.79. The van der Waals surface area contributed by atoms with Gasteiger partial charge in [-0.2, -0.15) is 0 Å². The number of carbonyl (C=O) groups is 1. The van der Waals surface area contributed by atoms with Crippen molar-refractivity contribution >= 4 is 54.5 Å². The van der Waals surface area contributed by atoms with Gasteiger partial charge in [0.1, 0.15) is 10.6 Å². The predicted octanol–water partition coefficient (Wildman–Crippen LogP) is 8.48. The summed E-state index contributed by atoms with van der Waals surface area (Å²) in [4.78, 5) is 13.8. The first-order chi connectivity index (χ1) is 16.7. The number of rotatable bonds is 2. The largest absolute Gasteiger partial charge is 0.422 e. The molecular weight excluding hydrogens is 436 g/mol. The number of allylic oxidation sites excluding steroid dienone is 4. The summed E-state index contributed by atoms with van der Waals surface area (Å²) in [5.41, 5.74) is 5.68. The van der Waals surface area contributed by atoms with Gasteiger partial charge in [0.05, 0.1) is 0 Å². The summed E-state index contributed by atoms with van der Waals surface area (Å²) < 4.78 is 7.08. The molecule has 2 nitrogen and oxygen atoms in total. The first-order valence-corrected chi connectivity index (χ1v) is 12.6. The minimum atomic E-state index is -0.296. The first kappa shape index (κ1) is 19.7. The molecule has 1 heterocycles. The van der Waals surface area contributed by atoms with Crippen LogP contribution < -0.4 is 4.74 Å². The summed E-state index contributed by atoms with van der Waals surface area (Å²) in [5.74, 6) is 0.336. The smallest absolute Gasteiger partial charge is 0.353 e. The Balaban J connectivity index is 1.26. The summed E-state index contributed by atoms with van der Waals surface area (Å²) in [5, 5.41) is 5.63. The van der Waals surface area contributed by atoms with Gasteiger partial charge in [0.2, 0.25) is 0 Å². The topological polar surface area (TPSA) is 26.3 Å². The Bertz CT molecular complexity index is 1650. The number of benzene rings is 4. The van der Waals surface area contributed by atoms with Gasteiger partial charge < -0.3 is 4.74 Å². The van der Waals surface area contributed by atoms with E-state index in [1.807, 2.05) is 30.3 Å². The second kappa shape index (κ2) is 7.68. The second-order valence-corrected chi connectivity index (χ2v) is 10.2. The van der Waals surface area contributed by atoms with Crippen molar-refractivity contribution in [3.63, 3.8) is 0 Å². The Hall–Kier alpha value is -3.69. The van der Waals surface area contributed by atoms with E-state index in [2.05, 4.69) is 54.6 Å². The molecule has 2 aliphatic rings. The van der Waals surface area contributed by atoms with Crippen molar-refractivity contribution in [1.29, 1.82) is 0 Å². The van der Waals surface area contributed by atoms with E-state index >= 15 is 0 Å². The third-order valence-electron chi connectivity index (χ3n) is 7.17. The van der Waals surface area contributed by atoms with Crippen LogP contribution in [0.2, 0.25) is 0 Å². The summed E-state index contributed by atoms with van der Waals surface area (Å²) in [6, 6.07) is 24.9. The SMILES string of the molecule is O=C(Oc1cccc2c3c(ccc12)C1=C(CCC=C1)CC3)c1cc2cc3ccccc3cc2s1. The van der Waals surface area contributed by atoms with Crippen LogP contribution in [-0.4, -0.2) is 5.97 Å². The fourth-order valence-corrected chi connectivity index (χ4v) is 6.48. The molecule has 0 unspecified atom stereocenters. The zero-order valence-electron chi connectivity index (χ0n) is 18.6. The van der Waals surface area contributed by atoms with E-state index in [-0.39, 0.29) is 5.97 Å². The lowest BCUT2D eigenvalue weighted by Gasteiger charge is -2.25. The molecule has 5 aromatic rings. The predicted molar refractivity (Wildman–Crippen MR) is 142 cm³/mol. The van der Waals surface area contributed by atoms with Crippen molar-refractivity contribution in [2.45, 2.75) is 25.7 Å². The van der Waals surface area contributed by atoms with E-state index in [0.29, 0.717) is 10.6 Å². The van der Waals surface area contributed by atoms with Crippen LogP contribution in [0.5, 0.6) is 5.75 Å². The maximum atomic E-state index is 13.2.